The summed E-state index contributed by atoms with van der Waals surface area (Å²) < 4.78 is 6.22. The minimum absolute atomic E-state index is 0.644. The van der Waals surface area contributed by atoms with Gasteiger partial charge in [-0.1, -0.05) is 0 Å². The van der Waals surface area contributed by atoms with Gasteiger partial charge in [0.15, 0.2) is 6.29 Å². The quantitative estimate of drug-likeness (QED) is 0.771. The van der Waals surface area contributed by atoms with Gasteiger partial charge in [0.05, 0.1) is 17.1 Å². The summed E-state index contributed by atoms with van der Waals surface area (Å²) in [6.07, 6.45) is 5.43. The second kappa shape index (κ2) is 4.35. The maximum atomic E-state index is 10.9. The fraction of sp³-hybridized carbons (Fsp3) is 0.417. The number of hydrogen-bond acceptors (Lipinski definition) is 2. The van der Waals surface area contributed by atoms with E-state index in [1.54, 1.807) is 7.11 Å². The topological polar surface area (TPSA) is 26.3 Å². The van der Waals surface area contributed by atoms with E-state index in [9.17, 15) is 4.79 Å². The van der Waals surface area contributed by atoms with E-state index in [0.717, 1.165) is 23.6 Å². The van der Waals surface area contributed by atoms with Gasteiger partial charge in [-0.3, -0.25) is 4.79 Å². The van der Waals surface area contributed by atoms with Crippen LogP contribution in [0.3, 0.4) is 0 Å². The number of rotatable bonds is 2. The van der Waals surface area contributed by atoms with Crippen molar-refractivity contribution in [3.63, 3.8) is 0 Å². The molecule has 3 heteroatoms. The smallest absolute Gasteiger partial charge is 0.153 e. The molecule has 1 aromatic rings. The normalized spacial score (nSPS) is 14.5. The van der Waals surface area contributed by atoms with Crippen molar-refractivity contribution in [3.8, 4) is 5.75 Å². The van der Waals surface area contributed by atoms with Crippen LogP contribution in [0.15, 0.2) is 10.5 Å². The monoisotopic (exact) mass is 268 g/mol. The van der Waals surface area contributed by atoms with Gasteiger partial charge in [-0.05, 0) is 58.8 Å². The largest absolute Gasteiger partial charge is 0.495 e. The molecule has 0 heterocycles. The lowest BCUT2D eigenvalue weighted by Crippen LogP contribution is -2.06. The first-order chi connectivity index (χ1) is 7.27. The molecule has 0 unspecified atom stereocenters. The van der Waals surface area contributed by atoms with Crippen LogP contribution in [0.2, 0.25) is 0 Å². The van der Waals surface area contributed by atoms with E-state index in [-0.39, 0.29) is 0 Å². The summed E-state index contributed by atoms with van der Waals surface area (Å²) >= 11 is 3.53. The lowest BCUT2D eigenvalue weighted by Gasteiger charge is -2.20. The predicted molar refractivity (Wildman–Crippen MR) is 62.7 cm³/mol. The molecule has 0 radical (unpaired) electrons. The Morgan fingerprint density at radius 1 is 1.40 bits per heavy atom. The lowest BCUT2D eigenvalue weighted by atomic mass is 9.90. The number of ether oxygens (including phenoxy) is 1. The van der Waals surface area contributed by atoms with E-state index in [2.05, 4.69) is 15.9 Å². The van der Waals surface area contributed by atoms with Crippen molar-refractivity contribution >= 4 is 22.2 Å². The average Bonchev–Trinajstić information content (AvgIpc) is 2.29. The standard InChI is InChI=1S/C12H13BrO2/c1-15-12-9(7-14)6-8-4-2-3-5-10(8)11(12)13/h6-7H,2-5H2,1H3. The number of benzene rings is 1. The molecule has 1 aliphatic rings. The maximum absolute atomic E-state index is 10.9. The van der Waals surface area contributed by atoms with Crippen molar-refractivity contribution < 1.29 is 9.53 Å². The van der Waals surface area contributed by atoms with Crippen LogP contribution in [0.4, 0.5) is 0 Å². The second-order valence-corrected chi connectivity index (χ2v) is 4.57. The van der Waals surface area contributed by atoms with E-state index in [1.807, 2.05) is 6.07 Å². The average molecular weight is 269 g/mol. The Hall–Kier alpha value is -0.830. The molecular weight excluding hydrogens is 256 g/mol. The number of aldehydes is 1. The van der Waals surface area contributed by atoms with Gasteiger partial charge in [0.2, 0.25) is 0 Å². The van der Waals surface area contributed by atoms with Crippen molar-refractivity contribution in [2.45, 2.75) is 25.7 Å². The van der Waals surface area contributed by atoms with E-state index in [1.165, 1.54) is 24.0 Å². The minimum Gasteiger partial charge on any atom is -0.495 e. The molecule has 0 atom stereocenters. The zero-order chi connectivity index (χ0) is 10.8. The first-order valence-corrected chi connectivity index (χ1v) is 5.90. The molecule has 2 rings (SSSR count). The highest BCUT2D eigenvalue weighted by molar-refractivity contribution is 9.10. The molecular formula is C12H13BrO2. The molecule has 1 aliphatic carbocycles. The second-order valence-electron chi connectivity index (χ2n) is 3.78. The number of halogens is 1. The highest BCUT2D eigenvalue weighted by atomic mass is 79.9. The summed E-state index contributed by atoms with van der Waals surface area (Å²) in [4.78, 5) is 10.9. The van der Waals surface area contributed by atoms with Crippen LogP contribution in [-0.2, 0) is 12.8 Å². The van der Waals surface area contributed by atoms with Gasteiger partial charge in [-0.25, -0.2) is 0 Å². The van der Waals surface area contributed by atoms with Crippen LogP contribution >= 0.6 is 15.9 Å². The lowest BCUT2D eigenvalue weighted by molar-refractivity contribution is 0.112. The highest BCUT2D eigenvalue weighted by Gasteiger charge is 2.18. The van der Waals surface area contributed by atoms with Crippen molar-refractivity contribution in [2.24, 2.45) is 0 Å². The molecule has 0 saturated carbocycles. The zero-order valence-electron chi connectivity index (χ0n) is 8.68. The highest BCUT2D eigenvalue weighted by Crippen LogP contribution is 2.37. The SMILES string of the molecule is COc1c(C=O)cc2c(c1Br)CCCC2. The Morgan fingerprint density at radius 3 is 2.80 bits per heavy atom. The molecule has 0 N–H and O–H groups in total. The van der Waals surface area contributed by atoms with E-state index in [4.69, 9.17) is 4.74 Å². The van der Waals surface area contributed by atoms with Gasteiger partial charge in [0, 0.05) is 0 Å². The van der Waals surface area contributed by atoms with Crippen LogP contribution < -0.4 is 4.74 Å². The van der Waals surface area contributed by atoms with Gasteiger partial charge in [0.1, 0.15) is 5.75 Å². The summed E-state index contributed by atoms with van der Waals surface area (Å²) in [7, 11) is 1.60. The Morgan fingerprint density at radius 2 is 2.13 bits per heavy atom. The van der Waals surface area contributed by atoms with E-state index in [0.29, 0.717) is 11.3 Å². The molecule has 15 heavy (non-hydrogen) atoms. The molecule has 0 fully saturated rings. The molecule has 0 saturated heterocycles. The molecule has 80 valence electrons. The van der Waals surface area contributed by atoms with Crippen LogP contribution in [0.1, 0.15) is 34.3 Å². The summed E-state index contributed by atoms with van der Waals surface area (Å²) in [6.45, 7) is 0. The number of carbonyl (C=O) groups excluding carboxylic acids is 1. The fourth-order valence-corrected chi connectivity index (χ4v) is 2.99. The molecule has 1 aromatic carbocycles. The number of fused-ring (bicyclic) bond motifs is 1. The predicted octanol–water partition coefficient (Wildman–Crippen LogP) is 3.15. The van der Waals surface area contributed by atoms with Crippen LogP contribution in [0, 0.1) is 0 Å². The van der Waals surface area contributed by atoms with Crippen LogP contribution in [0.25, 0.3) is 0 Å². The molecule has 2 nitrogen and oxygen atoms in total. The third-order valence-corrected chi connectivity index (χ3v) is 3.74. The third kappa shape index (κ3) is 1.81. The number of aryl methyl sites for hydroxylation is 1. The fourth-order valence-electron chi connectivity index (χ4n) is 2.15. The molecule has 0 amide bonds. The van der Waals surface area contributed by atoms with Crippen molar-refractivity contribution in [1.82, 2.24) is 0 Å². The minimum atomic E-state index is 0.644. The van der Waals surface area contributed by atoms with Crippen LogP contribution in [0.5, 0.6) is 5.75 Å². The Labute approximate surface area is 97.8 Å². The summed E-state index contributed by atoms with van der Waals surface area (Å²) in [5, 5.41) is 0. The summed E-state index contributed by atoms with van der Waals surface area (Å²) in [6, 6.07) is 1.96. The van der Waals surface area contributed by atoms with Gasteiger partial charge >= 0.3 is 0 Å². The van der Waals surface area contributed by atoms with Gasteiger partial charge < -0.3 is 4.74 Å². The van der Waals surface area contributed by atoms with E-state index >= 15 is 0 Å². The Balaban J connectivity index is 2.61. The number of carbonyl (C=O) groups is 1. The third-order valence-electron chi connectivity index (χ3n) is 2.90. The van der Waals surface area contributed by atoms with Crippen molar-refractivity contribution in [3.05, 3.63) is 27.2 Å². The van der Waals surface area contributed by atoms with Crippen molar-refractivity contribution in [1.29, 1.82) is 0 Å². The first-order valence-electron chi connectivity index (χ1n) is 5.11. The van der Waals surface area contributed by atoms with Gasteiger partial charge in [-0.15, -0.1) is 0 Å². The van der Waals surface area contributed by atoms with Crippen molar-refractivity contribution in [2.75, 3.05) is 7.11 Å². The van der Waals surface area contributed by atoms with Gasteiger partial charge in [0.25, 0.3) is 0 Å². The molecule has 0 aliphatic heterocycles. The number of hydrogen-bond donors (Lipinski definition) is 0. The molecule has 0 aromatic heterocycles. The summed E-state index contributed by atoms with van der Waals surface area (Å²) in [5.41, 5.74) is 3.24. The maximum Gasteiger partial charge on any atom is 0.153 e. The summed E-state index contributed by atoms with van der Waals surface area (Å²) in [5.74, 6) is 0.672. The van der Waals surface area contributed by atoms with Crippen LogP contribution in [-0.4, -0.2) is 13.4 Å². The Bertz CT molecular complexity index is 399. The van der Waals surface area contributed by atoms with Gasteiger partial charge in [-0.2, -0.15) is 0 Å². The van der Waals surface area contributed by atoms with E-state index < -0.39 is 0 Å². The Kier molecular flexibility index (Phi) is 3.10. The molecule has 0 bridgehead atoms. The first kappa shape index (κ1) is 10.7. The number of methoxy groups -OCH3 is 1. The zero-order valence-corrected chi connectivity index (χ0v) is 10.3. The molecule has 0 spiro atoms.